The van der Waals surface area contributed by atoms with E-state index in [-0.39, 0.29) is 12.4 Å². The van der Waals surface area contributed by atoms with E-state index in [0.717, 1.165) is 5.75 Å². The predicted molar refractivity (Wildman–Crippen MR) is 100 cm³/mol. The maximum atomic E-state index is 12.2. The minimum atomic E-state index is -3.53. The average Bonchev–Trinajstić information content (AvgIpc) is 2.56. The highest BCUT2D eigenvalue weighted by atomic mass is 35.5. The predicted octanol–water partition coefficient (Wildman–Crippen LogP) is 3.89. The largest absolute Gasteiger partial charge is 0.497 e. The van der Waals surface area contributed by atoms with Gasteiger partial charge < -0.3 is 9.47 Å². The number of ether oxygens (including phenoxy) is 2. The molecule has 0 radical (unpaired) electrons. The molecule has 1 N–H and O–H groups in total. The Kier molecular flexibility index (Phi) is 6.95. The van der Waals surface area contributed by atoms with E-state index in [1.807, 2.05) is 0 Å². The average molecular weight is 404 g/mol. The minimum absolute atomic E-state index is 0.184. The van der Waals surface area contributed by atoms with Crippen molar-refractivity contribution in [2.24, 2.45) is 0 Å². The third-order valence-electron chi connectivity index (χ3n) is 3.28. The molecule has 25 heavy (non-hydrogen) atoms. The van der Waals surface area contributed by atoms with Crippen molar-refractivity contribution in [1.29, 1.82) is 0 Å². The highest BCUT2D eigenvalue weighted by Crippen LogP contribution is 2.23. The van der Waals surface area contributed by atoms with Crippen molar-refractivity contribution in [2.75, 3.05) is 13.7 Å². The molecule has 5 nitrogen and oxygen atoms in total. The standard InChI is InChI=1S/C17H19Cl2NO4S/c1-12(10-24-15-6-4-14(23-2)5-7-15)20-25(21,22)11-13-3-8-16(18)17(19)9-13/h3-9,12,20H,10-11H2,1-2H3/t12-/m1/s1. The second-order valence-electron chi connectivity index (χ2n) is 5.51. The Morgan fingerprint density at radius 1 is 1.04 bits per heavy atom. The molecule has 1 atom stereocenters. The lowest BCUT2D eigenvalue weighted by atomic mass is 10.2. The van der Waals surface area contributed by atoms with Crippen LogP contribution in [0.15, 0.2) is 42.5 Å². The van der Waals surface area contributed by atoms with Crippen LogP contribution < -0.4 is 14.2 Å². The Morgan fingerprint density at radius 2 is 1.68 bits per heavy atom. The zero-order valence-corrected chi connectivity index (χ0v) is 16.2. The van der Waals surface area contributed by atoms with Crippen molar-refractivity contribution in [3.63, 3.8) is 0 Å². The molecule has 0 spiro atoms. The summed E-state index contributed by atoms with van der Waals surface area (Å²) in [6.07, 6.45) is 0. The molecule has 0 amide bonds. The molecule has 136 valence electrons. The van der Waals surface area contributed by atoms with Crippen LogP contribution in [0.4, 0.5) is 0 Å². The van der Waals surface area contributed by atoms with Crippen LogP contribution >= 0.6 is 23.2 Å². The molecule has 2 rings (SSSR count). The van der Waals surface area contributed by atoms with Crippen LogP contribution in [0.1, 0.15) is 12.5 Å². The highest BCUT2D eigenvalue weighted by Gasteiger charge is 2.16. The lowest BCUT2D eigenvalue weighted by molar-refractivity contribution is 0.287. The minimum Gasteiger partial charge on any atom is -0.497 e. The summed E-state index contributed by atoms with van der Waals surface area (Å²) in [5.41, 5.74) is 0.560. The zero-order valence-electron chi connectivity index (χ0n) is 13.8. The summed E-state index contributed by atoms with van der Waals surface area (Å²) in [6, 6.07) is 11.4. The number of hydrogen-bond donors (Lipinski definition) is 1. The number of hydrogen-bond acceptors (Lipinski definition) is 4. The van der Waals surface area contributed by atoms with Crippen LogP contribution in [0, 0.1) is 0 Å². The first-order valence-corrected chi connectivity index (χ1v) is 9.90. The number of rotatable bonds is 8. The van der Waals surface area contributed by atoms with Crippen LogP contribution in [0.2, 0.25) is 10.0 Å². The van der Waals surface area contributed by atoms with Crippen molar-refractivity contribution in [3.8, 4) is 11.5 Å². The number of sulfonamides is 1. The smallest absolute Gasteiger partial charge is 0.216 e. The van der Waals surface area contributed by atoms with Gasteiger partial charge in [0.1, 0.15) is 18.1 Å². The summed E-state index contributed by atoms with van der Waals surface area (Å²) in [5, 5.41) is 0.710. The Labute approximate surface area is 157 Å². The van der Waals surface area contributed by atoms with E-state index in [2.05, 4.69) is 4.72 Å². The number of nitrogens with one attached hydrogen (secondary N) is 1. The molecule has 2 aromatic carbocycles. The van der Waals surface area contributed by atoms with Crippen LogP contribution in [0.3, 0.4) is 0 Å². The Hall–Kier alpha value is -1.47. The summed E-state index contributed by atoms with van der Waals surface area (Å²) in [6.45, 7) is 1.93. The van der Waals surface area contributed by atoms with Crippen molar-refractivity contribution in [2.45, 2.75) is 18.7 Å². The molecule has 0 fully saturated rings. The van der Waals surface area contributed by atoms with Crippen molar-refractivity contribution >= 4 is 33.2 Å². The summed E-state index contributed by atoms with van der Waals surface area (Å²) in [5.74, 6) is 1.18. The molecular formula is C17H19Cl2NO4S. The zero-order chi connectivity index (χ0) is 18.4. The van der Waals surface area contributed by atoms with Crippen LogP contribution in [0.25, 0.3) is 0 Å². The SMILES string of the molecule is COc1ccc(OC[C@@H](C)NS(=O)(=O)Cc2ccc(Cl)c(Cl)c2)cc1. The second-order valence-corrected chi connectivity index (χ2v) is 8.08. The maximum absolute atomic E-state index is 12.2. The lowest BCUT2D eigenvalue weighted by Gasteiger charge is -2.15. The number of benzene rings is 2. The molecule has 0 bridgehead atoms. The molecule has 0 aliphatic rings. The molecule has 0 saturated carbocycles. The van der Waals surface area contributed by atoms with Gasteiger partial charge in [-0.3, -0.25) is 0 Å². The Bertz CT molecular complexity index is 810. The fraction of sp³-hybridized carbons (Fsp3) is 0.294. The first kappa shape index (κ1) is 19.8. The van der Waals surface area contributed by atoms with Gasteiger partial charge in [-0.1, -0.05) is 29.3 Å². The van der Waals surface area contributed by atoms with Gasteiger partial charge in [0.15, 0.2) is 0 Å². The van der Waals surface area contributed by atoms with E-state index in [1.165, 1.54) is 0 Å². The second kappa shape index (κ2) is 8.76. The quantitative estimate of drug-likeness (QED) is 0.725. The van der Waals surface area contributed by atoms with E-state index in [9.17, 15) is 8.42 Å². The summed E-state index contributed by atoms with van der Waals surface area (Å²) < 4.78 is 37.7. The van der Waals surface area contributed by atoms with E-state index in [4.69, 9.17) is 32.7 Å². The molecule has 0 aliphatic heterocycles. The van der Waals surface area contributed by atoms with E-state index < -0.39 is 16.1 Å². The lowest BCUT2D eigenvalue weighted by Crippen LogP contribution is -2.37. The van der Waals surface area contributed by atoms with Gasteiger partial charge >= 0.3 is 0 Å². The topological polar surface area (TPSA) is 64.6 Å². The highest BCUT2D eigenvalue weighted by molar-refractivity contribution is 7.88. The summed E-state index contributed by atoms with van der Waals surface area (Å²) >= 11 is 11.7. The van der Waals surface area contributed by atoms with Crippen LogP contribution in [-0.4, -0.2) is 28.2 Å². The maximum Gasteiger partial charge on any atom is 0.216 e. The Morgan fingerprint density at radius 3 is 2.28 bits per heavy atom. The molecule has 0 unspecified atom stereocenters. The van der Waals surface area contributed by atoms with Crippen molar-refractivity contribution in [1.82, 2.24) is 4.72 Å². The van der Waals surface area contributed by atoms with Gasteiger partial charge in [-0.15, -0.1) is 0 Å². The number of methoxy groups -OCH3 is 1. The van der Waals surface area contributed by atoms with Gasteiger partial charge in [0, 0.05) is 0 Å². The van der Waals surface area contributed by atoms with E-state index in [0.29, 0.717) is 21.4 Å². The Balaban J connectivity index is 1.89. The monoisotopic (exact) mass is 403 g/mol. The summed E-state index contributed by atoms with van der Waals surface area (Å²) in [4.78, 5) is 0. The van der Waals surface area contributed by atoms with Crippen molar-refractivity contribution < 1.29 is 17.9 Å². The molecular weight excluding hydrogens is 385 g/mol. The first-order chi connectivity index (χ1) is 11.8. The van der Waals surface area contributed by atoms with Crippen LogP contribution in [0.5, 0.6) is 11.5 Å². The van der Waals surface area contributed by atoms with Crippen LogP contribution in [-0.2, 0) is 15.8 Å². The fourth-order valence-corrected chi connectivity index (χ4v) is 3.83. The van der Waals surface area contributed by atoms with Crippen molar-refractivity contribution in [3.05, 3.63) is 58.1 Å². The third-order valence-corrected chi connectivity index (χ3v) is 5.49. The molecule has 2 aromatic rings. The van der Waals surface area contributed by atoms with E-state index >= 15 is 0 Å². The van der Waals surface area contributed by atoms with Gasteiger partial charge in [-0.2, -0.15) is 0 Å². The number of halogens is 2. The molecule has 8 heteroatoms. The fourth-order valence-electron chi connectivity index (χ4n) is 2.12. The molecule has 0 saturated heterocycles. The normalized spacial score (nSPS) is 12.6. The van der Waals surface area contributed by atoms with Gasteiger partial charge in [-0.25, -0.2) is 13.1 Å². The third kappa shape index (κ3) is 6.40. The van der Waals surface area contributed by atoms with Gasteiger partial charge in [0.25, 0.3) is 0 Å². The summed E-state index contributed by atoms with van der Waals surface area (Å²) in [7, 11) is -1.95. The van der Waals surface area contributed by atoms with Gasteiger partial charge in [0.2, 0.25) is 10.0 Å². The molecule has 0 aromatic heterocycles. The molecule has 0 aliphatic carbocycles. The van der Waals surface area contributed by atoms with Gasteiger partial charge in [-0.05, 0) is 48.9 Å². The van der Waals surface area contributed by atoms with E-state index in [1.54, 1.807) is 56.5 Å². The molecule has 0 heterocycles. The van der Waals surface area contributed by atoms with Gasteiger partial charge in [0.05, 0.1) is 28.9 Å². The first-order valence-electron chi connectivity index (χ1n) is 7.50.